The molecule has 308 valence electrons. The fourth-order valence-corrected chi connectivity index (χ4v) is 10.7. The van der Waals surface area contributed by atoms with Gasteiger partial charge in [0.05, 0.1) is 24.1 Å². The number of hydrogen-bond donors (Lipinski definition) is 8. The van der Waals surface area contributed by atoms with Gasteiger partial charge >= 0.3 is 0 Å². The molecule has 3 aromatic rings. The number of dihydropyridines is 1. The normalized spacial score (nSPS) is 32.1. The van der Waals surface area contributed by atoms with Crippen LogP contribution in [-0.2, 0) is 19.3 Å². The average Bonchev–Trinajstić information content (AvgIpc) is 3.68. The molecule has 2 heterocycles. The number of nitrogens with two attached hydrogens (primary N) is 1. The number of aromatic hydroxyl groups is 1. The fraction of sp³-hybridized carbons (Fsp3) is 0.510. The molecule has 1 fully saturated rings. The molecule has 0 bridgehead atoms. The number of allylic oxidation sites excluding steroid dienone is 4. The van der Waals surface area contributed by atoms with Crippen LogP contribution >= 0.6 is 0 Å². The van der Waals surface area contributed by atoms with E-state index in [2.05, 4.69) is 71.5 Å². The molecule has 0 amide bonds. The van der Waals surface area contributed by atoms with Crippen LogP contribution in [0.4, 0.5) is 0 Å². The predicted octanol–water partition coefficient (Wildman–Crippen LogP) is 6.17. The largest absolute Gasteiger partial charge is 0.504 e. The number of nitrogens with one attached hydrogen (secondary N) is 2. The van der Waals surface area contributed by atoms with Crippen molar-refractivity contribution in [3.05, 3.63) is 118 Å². The van der Waals surface area contributed by atoms with E-state index in [9.17, 15) is 25.5 Å². The first-order valence-electron chi connectivity index (χ1n) is 21.7. The van der Waals surface area contributed by atoms with Crippen LogP contribution in [0, 0.1) is 47.3 Å². The second-order valence-corrected chi connectivity index (χ2v) is 17.7. The summed E-state index contributed by atoms with van der Waals surface area (Å²) in [7, 11) is 0. The zero-order valence-electron chi connectivity index (χ0n) is 33.6. The Kier molecular flexibility index (Phi) is 12.4. The topological polar surface area (TPSA) is 164 Å². The summed E-state index contributed by atoms with van der Waals surface area (Å²) in [4.78, 5) is 3.33. The van der Waals surface area contributed by atoms with Gasteiger partial charge in [0, 0.05) is 48.0 Å². The van der Waals surface area contributed by atoms with Crippen molar-refractivity contribution in [3.8, 4) is 23.3 Å². The Bertz CT molecular complexity index is 2030. The minimum absolute atomic E-state index is 0.0106. The highest BCUT2D eigenvalue weighted by molar-refractivity contribution is 5.52. The van der Waals surface area contributed by atoms with E-state index in [-0.39, 0.29) is 41.1 Å². The zero-order valence-corrected chi connectivity index (χ0v) is 33.6. The zero-order chi connectivity index (χ0) is 40.3. The number of ether oxygens (including phenoxy) is 1. The lowest BCUT2D eigenvalue weighted by atomic mass is 9.70. The molecule has 0 unspecified atom stereocenters. The summed E-state index contributed by atoms with van der Waals surface area (Å²) in [6.45, 7) is 2.89. The average molecular weight is 788 g/mol. The minimum Gasteiger partial charge on any atom is -0.504 e. The van der Waals surface area contributed by atoms with Gasteiger partial charge in [-0.05, 0) is 122 Å². The van der Waals surface area contributed by atoms with Gasteiger partial charge in [0.2, 0.25) is 0 Å². The number of phenolic OH excluding ortho intramolecular Hbond substituents is 1. The summed E-state index contributed by atoms with van der Waals surface area (Å²) in [5, 5.41) is 61.0. The Hall–Kier alpha value is -4.46. The highest BCUT2D eigenvalue weighted by Crippen LogP contribution is 2.49. The highest BCUT2D eigenvalue weighted by atomic mass is 16.5. The van der Waals surface area contributed by atoms with E-state index in [4.69, 9.17) is 10.5 Å². The number of aromatic amines is 1. The summed E-state index contributed by atoms with van der Waals surface area (Å²) in [6.07, 6.45) is 11.9. The van der Waals surface area contributed by atoms with Gasteiger partial charge in [0.15, 0.2) is 11.5 Å². The van der Waals surface area contributed by atoms with Gasteiger partial charge in [0.1, 0.15) is 12.2 Å². The predicted molar refractivity (Wildman–Crippen MR) is 225 cm³/mol. The Morgan fingerprint density at radius 1 is 0.897 bits per heavy atom. The van der Waals surface area contributed by atoms with E-state index in [1.807, 2.05) is 30.5 Å². The molecular weight excluding hydrogens is 727 g/mol. The van der Waals surface area contributed by atoms with Crippen LogP contribution in [0.5, 0.6) is 11.5 Å². The first kappa shape index (κ1) is 40.3. The molecule has 4 aliphatic carbocycles. The summed E-state index contributed by atoms with van der Waals surface area (Å²) < 4.78 is 6.74. The molecule has 0 spiro atoms. The standard InChI is InChI=1S/C49H61N3O6/c1-29(22-30-8-3-2-4-9-30)31-10-5-6-12-41(53)47-35(16-13-31)23-32-14-15-33-24-43(55)45(28-40(33)39(32)27-44(47)56)58-49-37(17-18-42(54)48(49)57)38(26-36-11-7-20-51-36)34-19-21-52-46(50)25-34/h2-4,7-9,11,19-20,23-25,28-29,31,35,37-39,41-42,44,47-49,51-57H,5-6,10,12,14-15,17-18,21-22,26-27,50H2,1H3/t29-,31+,35+,37-,38-,39-,41+,42-,44-,47-,48+,49-/m1/s1. The van der Waals surface area contributed by atoms with Gasteiger partial charge in [-0.3, -0.25) is 0 Å². The molecule has 58 heavy (non-hydrogen) atoms. The highest BCUT2D eigenvalue weighted by Gasteiger charge is 2.45. The second-order valence-electron chi connectivity index (χ2n) is 17.7. The lowest BCUT2D eigenvalue weighted by molar-refractivity contribution is -0.108. The molecule has 0 radical (unpaired) electrons. The van der Waals surface area contributed by atoms with Gasteiger partial charge in [-0.25, -0.2) is 0 Å². The number of H-pyrrole nitrogens is 1. The fourth-order valence-electron chi connectivity index (χ4n) is 10.7. The van der Waals surface area contributed by atoms with Gasteiger partial charge in [-0.2, -0.15) is 0 Å². The number of phenols is 1. The number of aliphatic hydroxyl groups excluding tert-OH is 4. The number of aryl methyl sites for hydroxylation is 1. The molecule has 1 aliphatic heterocycles. The van der Waals surface area contributed by atoms with Crippen molar-refractivity contribution < 1.29 is 30.3 Å². The molecule has 12 atom stereocenters. The smallest absolute Gasteiger partial charge is 0.161 e. The van der Waals surface area contributed by atoms with Crippen LogP contribution < -0.4 is 15.8 Å². The second kappa shape index (κ2) is 17.8. The molecular formula is C49H61N3O6. The van der Waals surface area contributed by atoms with Crippen LogP contribution in [0.25, 0.3) is 0 Å². The molecule has 1 aromatic heterocycles. The van der Waals surface area contributed by atoms with E-state index in [0.717, 1.165) is 54.5 Å². The third-order valence-corrected chi connectivity index (χ3v) is 13.9. The van der Waals surface area contributed by atoms with Gasteiger partial charge < -0.3 is 46.3 Å². The maximum absolute atomic E-state index is 12.0. The van der Waals surface area contributed by atoms with Crippen LogP contribution in [-0.4, -0.2) is 67.6 Å². The number of hydrogen-bond acceptors (Lipinski definition) is 8. The van der Waals surface area contributed by atoms with Crippen LogP contribution in [0.15, 0.2) is 96.0 Å². The quantitative estimate of drug-likeness (QED) is 0.0943. The number of rotatable bonds is 9. The number of fused-ring (bicyclic) bond motifs is 4. The van der Waals surface area contributed by atoms with Crippen molar-refractivity contribution in [1.29, 1.82) is 0 Å². The Morgan fingerprint density at radius 3 is 2.52 bits per heavy atom. The van der Waals surface area contributed by atoms with E-state index in [1.165, 1.54) is 11.1 Å². The van der Waals surface area contributed by atoms with E-state index in [1.54, 1.807) is 6.07 Å². The molecule has 0 saturated heterocycles. The lowest BCUT2D eigenvalue weighted by Gasteiger charge is -2.43. The van der Waals surface area contributed by atoms with E-state index >= 15 is 0 Å². The van der Waals surface area contributed by atoms with Crippen molar-refractivity contribution in [2.45, 2.75) is 114 Å². The third kappa shape index (κ3) is 8.77. The van der Waals surface area contributed by atoms with Crippen molar-refractivity contribution in [3.63, 3.8) is 0 Å². The number of benzene rings is 2. The minimum atomic E-state index is -1.18. The van der Waals surface area contributed by atoms with Gasteiger partial charge in [0.25, 0.3) is 0 Å². The monoisotopic (exact) mass is 787 g/mol. The van der Waals surface area contributed by atoms with Crippen molar-refractivity contribution in [1.82, 2.24) is 10.3 Å². The number of aliphatic hydroxyl groups is 4. The van der Waals surface area contributed by atoms with Crippen LogP contribution in [0.3, 0.4) is 0 Å². The molecule has 9 N–H and O–H groups in total. The lowest BCUT2D eigenvalue weighted by Crippen LogP contribution is -2.52. The van der Waals surface area contributed by atoms with Crippen molar-refractivity contribution >= 4 is 0 Å². The SMILES string of the molecule is C[C@H](Cc1ccccc1)[C@@H]1C#C[C@H]2C=C3CCc4cc(O)c(O[C@H]5[C@@H](O)[C@H](O)CC[C@@H]5[C@H](Cc5ccc[nH]5)C5=CCNC(N)=C5)cc4[C@@H]3C[C@@H](O)[C@H]2[C@@H](O)CCCC1. The molecule has 1 saturated carbocycles. The Balaban J connectivity index is 1.10. The molecule has 9 heteroatoms. The van der Waals surface area contributed by atoms with Crippen molar-refractivity contribution in [2.75, 3.05) is 6.54 Å². The number of aromatic nitrogens is 1. The first-order valence-corrected chi connectivity index (χ1v) is 21.7. The Morgan fingerprint density at radius 2 is 1.72 bits per heavy atom. The van der Waals surface area contributed by atoms with Crippen molar-refractivity contribution in [2.24, 2.45) is 41.2 Å². The van der Waals surface area contributed by atoms with E-state index in [0.29, 0.717) is 56.8 Å². The summed E-state index contributed by atoms with van der Waals surface area (Å²) in [5.41, 5.74) is 12.8. The van der Waals surface area contributed by atoms with E-state index < -0.39 is 36.4 Å². The van der Waals surface area contributed by atoms with Gasteiger partial charge in [-0.1, -0.05) is 79.7 Å². The summed E-state index contributed by atoms with van der Waals surface area (Å²) in [5.74, 6) is 7.60. The Labute approximate surface area is 343 Å². The summed E-state index contributed by atoms with van der Waals surface area (Å²) >= 11 is 0. The van der Waals surface area contributed by atoms with Crippen LogP contribution in [0.2, 0.25) is 0 Å². The molecule has 5 aliphatic rings. The molecule has 8 rings (SSSR count). The summed E-state index contributed by atoms with van der Waals surface area (Å²) in [6, 6.07) is 18.3. The maximum Gasteiger partial charge on any atom is 0.161 e. The maximum atomic E-state index is 12.0. The van der Waals surface area contributed by atoms with Gasteiger partial charge in [-0.15, -0.1) is 0 Å². The third-order valence-electron chi connectivity index (χ3n) is 13.9. The van der Waals surface area contributed by atoms with Crippen LogP contribution in [0.1, 0.15) is 86.6 Å². The molecule has 9 nitrogen and oxygen atoms in total. The molecule has 2 aromatic carbocycles. The first-order chi connectivity index (χ1) is 28.1.